The number of nitrogens with zero attached hydrogens (tertiary/aromatic N) is 1. The van der Waals surface area contributed by atoms with Gasteiger partial charge in [0.05, 0.1) is 0 Å². The first kappa shape index (κ1) is 20.1. The first-order chi connectivity index (χ1) is 10.3. The van der Waals surface area contributed by atoms with Gasteiger partial charge in [0.1, 0.15) is 11.3 Å². The summed E-state index contributed by atoms with van der Waals surface area (Å²) in [5, 5.41) is 8.95. The molecule has 0 bridgehead atoms. The van der Waals surface area contributed by atoms with E-state index in [4.69, 9.17) is 4.74 Å². The van der Waals surface area contributed by atoms with Gasteiger partial charge in [-0.25, -0.2) is 4.79 Å². The summed E-state index contributed by atoms with van der Waals surface area (Å²) in [5.41, 5.74) is 0.179. The Hall–Kier alpha value is -1.85. The second-order valence-corrected chi connectivity index (χ2v) is 5.80. The van der Waals surface area contributed by atoms with E-state index in [9.17, 15) is 9.59 Å². The Morgan fingerprint density at radius 3 is 2.18 bits per heavy atom. The number of ketones is 1. The van der Waals surface area contributed by atoms with E-state index < -0.39 is 0 Å². The van der Waals surface area contributed by atoms with E-state index in [1.807, 2.05) is 34.6 Å². The van der Waals surface area contributed by atoms with Crippen molar-refractivity contribution in [2.75, 3.05) is 0 Å². The average molecular weight is 311 g/mol. The molecule has 0 saturated heterocycles. The maximum atomic E-state index is 11.1. The van der Waals surface area contributed by atoms with E-state index in [0.29, 0.717) is 11.7 Å². The molecule has 1 aliphatic carbocycles. The molecule has 0 aliphatic heterocycles. The first-order valence-corrected chi connectivity index (χ1v) is 7.78. The van der Waals surface area contributed by atoms with Gasteiger partial charge in [0.2, 0.25) is 0 Å². The average Bonchev–Trinajstić information content (AvgIpc) is 2.89. The molecule has 1 fully saturated rings. The molecule has 1 aromatic heterocycles. The van der Waals surface area contributed by atoms with Gasteiger partial charge >= 0.3 is 6.09 Å². The van der Waals surface area contributed by atoms with Crippen LogP contribution in [0.1, 0.15) is 71.3 Å². The molecule has 1 aliphatic rings. The molecule has 0 aromatic carbocycles. The smallest absolute Gasteiger partial charge is 0.407 e. The molecule has 0 atom stereocenters. The van der Waals surface area contributed by atoms with E-state index in [-0.39, 0.29) is 17.5 Å². The number of aromatic nitrogens is 2. The quantitative estimate of drug-likeness (QED) is 0.816. The summed E-state index contributed by atoms with van der Waals surface area (Å²) in [7, 11) is 0. The van der Waals surface area contributed by atoms with Crippen LogP contribution in [0, 0.1) is 0 Å². The lowest BCUT2D eigenvalue weighted by Gasteiger charge is -2.28. The van der Waals surface area contributed by atoms with Crippen LogP contribution >= 0.6 is 0 Å². The van der Waals surface area contributed by atoms with E-state index in [1.165, 1.54) is 13.3 Å². The van der Waals surface area contributed by atoms with Gasteiger partial charge < -0.3 is 10.1 Å². The molecule has 6 heteroatoms. The largest absolute Gasteiger partial charge is 0.444 e. The van der Waals surface area contributed by atoms with Crippen molar-refractivity contribution in [3.05, 3.63) is 18.0 Å². The normalized spacial score (nSPS) is 13.5. The number of nitrogens with one attached hydrogen (secondary N) is 2. The fourth-order valence-electron chi connectivity index (χ4n) is 1.48. The van der Waals surface area contributed by atoms with Crippen LogP contribution in [0.5, 0.6) is 0 Å². The van der Waals surface area contributed by atoms with E-state index in [0.717, 1.165) is 12.8 Å². The van der Waals surface area contributed by atoms with Gasteiger partial charge in [-0.2, -0.15) is 5.10 Å². The van der Waals surface area contributed by atoms with Gasteiger partial charge in [0.15, 0.2) is 5.78 Å². The Labute approximate surface area is 133 Å². The Morgan fingerprint density at radius 2 is 1.91 bits per heavy atom. The van der Waals surface area contributed by atoms with Crippen LogP contribution in [-0.4, -0.2) is 33.7 Å². The fourth-order valence-corrected chi connectivity index (χ4v) is 1.48. The van der Waals surface area contributed by atoms with Gasteiger partial charge in [-0.05, 0) is 46.1 Å². The van der Waals surface area contributed by atoms with Crippen molar-refractivity contribution in [3.8, 4) is 0 Å². The number of H-pyrrole nitrogens is 1. The standard InChI is InChI=1S/C9H17NO2.C5H6N2O.C2H6/c1-9(2,3)12-8(11)10-7-5-4-6-7;1-4(8)5-2-3-6-7-5;1-2/h7H,4-6H2,1-3H3,(H,10,11);2-3H,1H3,(H,6,7);1-2H3. The van der Waals surface area contributed by atoms with Crippen LogP contribution in [0.15, 0.2) is 12.3 Å². The summed E-state index contributed by atoms with van der Waals surface area (Å²) in [4.78, 5) is 21.6. The maximum Gasteiger partial charge on any atom is 0.407 e. The molecule has 0 radical (unpaired) electrons. The SMILES string of the molecule is CC.CC(=O)c1ccn[nH]1.CC(C)(C)OC(=O)NC1CCC1. The first-order valence-electron chi connectivity index (χ1n) is 7.78. The molecule has 1 heterocycles. The molecule has 2 rings (SSSR count). The number of hydrogen-bond donors (Lipinski definition) is 2. The van der Waals surface area contributed by atoms with Gasteiger partial charge in [-0.1, -0.05) is 13.8 Å². The van der Waals surface area contributed by atoms with Crippen molar-refractivity contribution in [2.45, 2.75) is 72.4 Å². The minimum atomic E-state index is -0.381. The van der Waals surface area contributed by atoms with Gasteiger partial charge in [-0.3, -0.25) is 9.89 Å². The van der Waals surface area contributed by atoms with E-state index in [2.05, 4.69) is 15.5 Å². The highest BCUT2D eigenvalue weighted by molar-refractivity contribution is 5.91. The molecular formula is C16H29N3O3. The minimum Gasteiger partial charge on any atom is -0.444 e. The summed E-state index contributed by atoms with van der Waals surface area (Å²) < 4.78 is 5.09. The van der Waals surface area contributed by atoms with Gasteiger partial charge in [0, 0.05) is 19.2 Å². The molecule has 22 heavy (non-hydrogen) atoms. The molecular weight excluding hydrogens is 282 g/mol. The molecule has 126 valence electrons. The lowest BCUT2D eigenvalue weighted by atomic mass is 9.93. The summed E-state index contributed by atoms with van der Waals surface area (Å²) >= 11 is 0. The van der Waals surface area contributed by atoms with Crippen molar-refractivity contribution in [1.29, 1.82) is 0 Å². The van der Waals surface area contributed by atoms with Gasteiger partial charge in [0.25, 0.3) is 0 Å². The predicted molar refractivity (Wildman–Crippen MR) is 86.9 cm³/mol. The summed E-state index contributed by atoms with van der Waals surface area (Å²) in [6.45, 7) is 11.1. The topological polar surface area (TPSA) is 84.1 Å². The molecule has 6 nitrogen and oxygen atoms in total. The van der Waals surface area contributed by atoms with Crippen molar-refractivity contribution in [3.63, 3.8) is 0 Å². The summed E-state index contributed by atoms with van der Waals surface area (Å²) in [6, 6.07) is 2.00. The van der Waals surface area contributed by atoms with Crippen molar-refractivity contribution in [2.24, 2.45) is 0 Å². The van der Waals surface area contributed by atoms with Crippen LogP contribution < -0.4 is 5.32 Å². The monoisotopic (exact) mass is 311 g/mol. The predicted octanol–water partition coefficient (Wildman–Crippen LogP) is 3.70. The third kappa shape index (κ3) is 9.15. The van der Waals surface area contributed by atoms with Crippen LogP contribution in [-0.2, 0) is 4.74 Å². The van der Waals surface area contributed by atoms with Gasteiger partial charge in [-0.15, -0.1) is 0 Å². The fraction of sp³-hybridized carbons (Fsp3) is 0.688. The number of Topliss-reactive ketones (excluding diaryl/α,β-unsaturated/α-hetero) is 1. The number of carbonyl (C=O) groups is 2. The number of rotatable bonds is 2. The highest BCUT2D eigenvalue weighted by Gasteiger charge is 2.22. The number of alkyl carbamates (subject to hydrolysis) is 1. The van der Waals surface area contributed by atoms with Crippen LogP contribution in [0.4, 0.5) is 4.79 Å². The van der Waals surface area contributed by atoms with Crippen LogP contribution in [0.25, 0.3) is 0 Å². The molecule has 1 aromatic rings. The Bertz CT molecular complexity index is 432. The number of carbonyl (C=O) groups excluding carboxylic acids is 2. The lowest BCUT2D eigenvalue weighted by molar-refractivity contribution is 0.0479. The second kappa shape index (κ2) is 9.97. The molecule has 1 amide bonds. The zero-order valence-electron chi connectivity index (χ0n) is 14.5. The zero-order valence-corrected chi connectivity index (χ0v) is 14.5. The third-order valence-corrected chi connectivity index (χ3v) is 2.71. The number of ether oxygens (including phenoxy) is 1. The molecule has 0 unspecified atom stereocenters. The van der Waals surface area contributed by atoms with E-state index in [1.54, 1.807) is 12.3 Å². The highest BCUT2D eigenvalue weighted by atomic mass is 16.6. The molecule has 0 spiro atoms. The number of aromatic amines is 1. The highest BCUT2D eigenvalue weighted by Crippen LogP contribution is 2.18. The number of hydrogen-bond acceptors (Lipinski definition) is 4. The number of amides is 1. The van der Waals surface area contributed by atoms with Crippen molar-refractivity contribution >= 4 is 11.9 Å². The van der Waals surface area contributed by atoms with Crippen molar-refractivity contribution in [1.82, 2.24) is 15.5 Å². The second-order valence-electron chi connectivity index (χ2n) is 5.80. The van der Waals surface area contributed by atoms with Crippen LogP contribution in [0.2, 0.25) is 0 Å². The maximum absolute atomic E-state index is 11.1. The van der Waals surface area contributed by atoms with E-state index >= 15 is 0 Å². The minimum absolute atomic E-state index is 0.0162. The molecule has 1 saturated carbocycles. The zero-order chi connectivity index (χ0) is 17.2. The lowest BCUT2D eigenvalue weighted by Crippen LogP contribution is -2.42. The third-order valence-electron chi connectivity index (χ3n) is 2.71. The summed E-state index contributed by atoms with van der Waals surface area (Å²) in [5.74, 6) is 0.0162. The van der Waals surface area contributed by atoms with Crippen LogP contribution in [0.3, 0.4) is 0 Å². The molecule has 2 N–H and O–H groups in total. The van der Waals surface area contributed by atoms with Crippen molar-refractivity contribution < 1.29 is 14.3 Å². The Balaban J connectivity index is 0.000000382. The summed E-state index contributed by atoms with van der Waals surface area (Å²) in [6.07, 6.45) is 4.68. The Kier molecular flexibility index (Phi) is 9.13. The Morgan fingerprint density at radius 1 is 1.32 bits per heavy atom.